The summed E-state index contributed by atoms with van der Waals surface area (Å²) in [5.74, 6) is -16.4. The van der Waals surface area contributed by atoms with E-state index in [1.807, 2.05) is 0 Å². The minimum absolute atomic E-state index is 0.0384. The van der Waals surface area contributed by atoms with Crippen molar-refractivity contribution in [3.05, 3.63) is 176 Å². The average Bonchev–Trinajstić information content (AvgIpc) is 0.467. The van der Waals surface area contributed by atoms with Crippen molar-refractivity contribution in [2.45, 2.75) is 231 Å². The Morgan fingerprint density at radius 2 is 1.20 bits per heavy atom. The molecule has 45 nitrogen and oxygen atoms in total. The third-order valence-electron chi connectivity index (χ3n) is 24.7. The first-order chi connectivity index (χ1) is 67.2. The number of amides is 8. The van der Waals surface area contributed by atoms with Crippen molar-refractivity contribution in [2.75, 3.05) is 32.1 Å². The number of hydrogen-bond acceptors (Lipinski definition) is 37. The Bertz CT molecular complexity index is 5820. The van der Waals surface area contributed by atoms with Crippen LogP contribution in [0.4, 0.5) is 18.9 Å². The number of primary amides is 1. The summed E-state index contributed by atoms with van der Waals surface area (Å²) in [6, 6.07) is 11.7. The number of alkyl halides is 3. The SMILES string of the molecule is CN[C@H](CC(C)C)C(=O)NC1C(=O)N[C@H](CC(N)=O)C(=O)N[C@H]2C(=O)N[C@H]3C(=O)N[C@H](C(=O)N[C@@H](O)c4cc(O)cc(O)c4-c4cc3ccc4O)[C@H](O[C@H]3C[C@](C)(N)[C@@H](O)[C@H](C)O3)c3ccc(c(Cl)c3)Oc3cc2cc(c3O[C@@H]2O[C@H](CO)[C@@H](O[C@@H]3O[C@H](CO)[C@@H](O[C@@H]4O[C@H](CNCc5cccc(NC(=O)c6cccc(OC(F)(F)F)c6)c5)[C@H](O)[C@H](O)[C@H]4O)[C@H](O)[C@H]3O)[C@H](O)[C@H]2O)Oc2ccc(cc2Cl)[C@H]1O. The fraction of sp³-hybridized carbons (Fsp3) is 0.457. The van der Waals surface area contributed by atoms with Crippen LogP contribution < -0.4 is 78.3 Å². The van der Waals surface area contributed by atoms with Gasteiger partial charge in [-0.3, -0.25) is 38.4 Å². The number of fused-ring (bicyclic) bond motifs is 15. The van der Waals surface area contributed by atoms with Gasteiger partial charge in [0.2, 0.25) is 53.4 Å². The van der Waals surface area contributed by atoms with Crippen molar-refractivity contribution in [3.63, 3.8) is 0 Å². The molecule has 0 aromatic heterocycles. The monoisotopic (exact) mass is 2040 g/mol. The second-order valence-electron chi connectivity index (χ2n) is 35.6. The summed E-state index contributed by atoms with van der Waals surface area (Å²) in [7, 11) is 1.44. The number of aliphatic hydroxyl groups is 12. The molecule has 28 atom stereocenters. The molecule has 4 saturated heterocycles. The number of hydrogen-bond donors (Lipinski definition) is 26. The van der Waals surface area contributed by atoms with Gasteiger partial charge in [0.05, 0.1) is 47.9 Å². The summed E-state index contributed by atoms with van der Waals surface area (Å²) in [5, 5.41) is 197. The quantitative estimate of drug-likeness (QED) is 0.0365. The van der Waals surface area contributed by atoms with Crippen LogP contribution in [0.2, 0.25) is 10.0 Å². The summed E-state index contributed by atoms with van der Waals surface area (Å²) in [5.41, 5.74) is 8.70. The number of ether oxygens (including phenoxy) is 11. The summed E-state index contributed by atoms with van der Waals surface area (Å²) in [6.07, 6.45) is -48.2. The van der Waals surface area contributed by atoms with Crippen LogP contribution in [0.1, 0.15) is 121 Å². The minimum atomic E-state index is -5.03. The van der Waals surface area contributed by atoms with Crippen LogP contribution in [-0.2, 0) is 73.3 Å². The molecule has 0 aliphatic carbocycles. The molecule has 7 aromatic carbocycles. The van der Waals surface area contributed by atoms with E-state index in [0.717, 1.165) is 84.9 Å². The number of likely N-dealkylation sites (N-methyl/N-ethyl adjacent to an activating group) is 1. The lowest BCUT2D eigenvalue weighted by Crippen LogP contribution is -2.67. The average molecular weight is 2040 g/mol. The summed E-state index contributed by atoms with van der Waals surface area (Å²) < 4.78 is 106. The zero-order valence-electron chi connectivity index (χ0n) is 75.7. The number of phenols is 3. The Balaban J connectivity index is 0.824. The van der Waals surface area contributed by atoms with E-state index in [4.69, 9.17) is 82.0 Å². The number of nitrogens with two attached hydrogens (primary N) is 2. The number of aromatic hydroxyl groups is 3. The molecular formula is C92H106Cl2F3N11O34. The van der Waals surface area contributed by atoms with Crippen molar-refractivity contribution in [1.29, 1.82) is 0 Å². The number of anilines is 1. The van der Waals surface area contributed by atoms with Crippen LogP contribution in [0.3, 0.4) is 0 Å². The van der Waals surface area contributed by atoms with Gasteiger partial charge in [0.15, 0.2) is 36.6 Å². The lowest BCUT2D eigenvalue weighted by atomic mass is 9.86. The molecule has 142 heavy (non-hydrogen) atoms. The third-order valence-corrected chi connectivity index (χ3v) is 25.3. The largest absolute Gasteiger partial charge is 0.573 e. The molecule has 16 rings (SSSR count). The van der Waals surface area contributed by atoms with Crippen LogP contribution in [0.25, 0.3) is 11.1 Å². The van der Waals surface area contributed by atoms with Crippen LogP contribution in [0.15, 0.2) is 127 Å². The van der Waals surface area contributed by atoms with E-state index < -0.39 is 328 Å². The molecule has 8 amide bonds. The number of carbonyl (C=O) groups excluding carboxylic acids is 8. The van der Waals surface area contributed by atoms with Gasteiger partial charge in [-0.15, -0.1) is 13.2 Å². The smallest absolute Gasteiger partial charge is 0.508 e. The zero-order valence-corrected chi connectivity index (χ0v) is 77.3. The van der Waals surface area contributed by atoms with E-state index in [9.17, 15) is 104 Å². The highest BCUT2D eigenvalue weighted by atomic mass is 35.5. The number of nitrogens with one attached hydrogen (secondary N) is 9. The molecule has 1 unspecified atom stereocenters. The Morgan fingerprint density at radius 3 is 1.82 bits per heavy atom. The Morgan fingerprint density at radius 1 is 0.606 bits per heavy atom. The molecule has 0 saturated carbocycles. The van der Waals surface area contributed by atoms with Crippen molar-refractivity contribution >= 4 is 76.1 Å². The Kier molecular flexibility index (Phi) is 33.1. The molecule has 9 heterocycles. The van der Waals surface area contributed by atoms with Crippen molar-refractivity contribution in [2.24, 2.45) is 17.4 Å². The first-order valence-electron chi connectivity index (χ1n) is 44.5. The van der Waals surface area contributed by atoms with E-state index in [1.165, 1.54) is 57.3 Å². The standard InChI is InChI=1S/C92H106Cl2F3N11O34/c1-34(2)18-49(100-5)82(126)106-65-67(115)38-13-16-53(47(93)22-38)133-55-24-41-25-56(76(55)139-89-73(121)70(118)78(58(32-109)136-89)141-90-74(122)71(119)77(59(33-110)137-90)140-88-72(120)69(117)68(116)57(135-88)31-101-30-36-8-6-10-42(19-36)102-80(124)40-9-7-11-44(20-40)142-92(95,96)97)134-54-17-14-39(23-48(54)94)75(138-61-29-91(4,99)79(123)35(3)132-61)66-87(131)108-81(125)46-26-43(111)27-52(113)62(46)45-21-37(12-15-51(45)112)63(84(128)107-66)105-85(129)64(41)104-83(127)50(28-60(98)114)103-86(65)130/h6-17,19-27,34-35,49-50,57-59,61,63-75,77-79,81,88-90,100-101,109-113,115-123,125H,18,28-33,99H2,1-5H3,(H2,98,114)(H,102,124)(H,103,130)(H,104,127)(H,105,129)(H,106,126)(H,107,128)(H,108,131)/t35-,49+,50+,57+,58+,59+,61-,63+,64+,65?,66-,67+,68-,69-,70+,71+,72+,73+,74+,75+,77+,78+,79-,81-,88-,89-,90-,91-/m0/s1. The molecule has 0 spiro atoms. The van der Waals surface area contributed by atoms with Gasteiger partial charge in [-0.1, -0.05) is 73.4 Å². The van der Waals surface area contributed by atoms with E-state index in [2.05, 4.69) is 52.6 Å². The fourth-order valence-corrected chi connectivity index (χ4v) is 17.9. The second-order valence-corrected chi connectivity index (χ2v) is 36.5. The number of rotatable bonds is 24. The van der Waals surface area contributed by atoms with E-state index in [-0.39, 0.29) is 59.8 Å². The maximum atomic E-state index is 16.5. The van der Waals surface area contributed by atoms with E-state index in [1.54, 1.807) is 19.9 Å². The van der Waals surface area contributed by atoms with E-state index in [0.29, 0.717) is 5.56 Å². The van der Waals surface area contributed by atoms with Gasteiger partial charge in [-0.25, -0.2) is 0 Å². The first-order valence-corrected chi connectivity index (χ1v) is 45.3. The normalized spacial score (nSPS) is 31.0. The topological polar surface area (TPSA) is 702 Å². The van der Waals surface area contributed by atoms with Gasteiger partial charge in [0.25, 0.3) is 5.91 Å². The fourth-order valence-electron chi connectivity index (χ4n) is 17.4. The van der Waals surface area contributed by atoms with Crippen molar-refractivity contribution < 1.29 is 180 Å². The van der Waals surface area contributed by atoms with Crippen LogP contribution in [0.5, 0.6) is 51.7 Å². The predicted molar refractivity (Wildman–Crippen MR) is 481 cm³/mol. The number of benzene rings is 7. The zero-order chi connectivity index (χ0) is 103. The Labute approximate surface area is 814 Å². The molecule has 28 N–H and O–H groups in total. The third kappa shape index (κ3) is 23.9. The lowest BCUT2D eigenvalue weighted by molar-refractivity contribution is -0.375. The lowest BCUT2D eigenvalue weighted by Gasteiger charge is -2.48. The molecule has 768 valence electrons. The number of carbonyl (C=O) groups is 8. The van der Waals surface area contributed by atoms with Gasteiger partial charge < -0.3 is 188 Å². The minimum Gasteiger partial charge on any atom is -0.508 e. The first kappa shape index (κ1) is 106. The highest BCUT2D eigenvalue weighted by molar-refractivity contribution is 6.32. The van der Waals surface area contributed by atoms with Gasteiger partial charge in [-0.2, -0.15) is 0 Å². The second kappa shape index (κ2) is 44.3. The van der Waals surface area contributed by atoms with Gasteiger partial charge in [-0.05, 0) is 146 Å². The number of aliphatic hydroxyl groups excluding tert-OH is 12. The van der Waals surface area contributed by atoms with Crippen molar-refractivity contribution in [3.8, 4) is 62.9 Å². The highest BCUT2D eigenvalue weighted by Crippen LogP contribution is 2.51. The molecule has 0 radical (unpaired) electrons. The summed E-state index contributed by atoms with van der Waals surface area (Å²) in [4.78, 5) is 120. The van der Waals surface area contributed by atoms with Crippen LogP contribution in [0, 0.1) is 5.92 Å². The van der Waals surface area contributed by atoms with Crippen LogP contribution >= 0.6 is 23.2 Å². The molecule has 50 heteroatoms. The molecule has 11 bridgehead atoms. The van der Waals surface area contributed by atoms with Gasteiger partial charge >= 0.3 is 6.36 Å². The van der Waals surface area contributed by atoms with Crippen LogP contribution in [-0.4, -0.2) is 297 Å². The molecule has 9 aliphatic heterocycles. The van der Waals surface area contributed by atoms with E-state index >= 15 is 24.0 Å². The number of phenolic OH excluding ortho intramolecular Hbond substituents is 3. The van der Waals surface area contributed by atoms with Gasteiger partial charge in [0.1, 0.15) is 150 Å². The van der Waals surface area contributed by atoms with Crippen molar-refractivity contribution in [1.82, 2.24) is 42.5 Å². The molecular weight excluding hydrogens is 1930 g/mol. The van der Waals surface area contributed by atoms with Gasteiger partial charge in [0, 0.05) is 59.1 Å². The highest BCUT2D eigenvalue weighted by Gasteiger charge is 2.56. The predicted octanol–water partition coefficient (Wildman–Crippen LogP) is -0.432. The molecule has 4 fully saturated rings. The maximum absolute atomic E-state index is 16.5. The molecule has 7 aromatic rings. The maximum Gasteiger partial charge on any atom is 0.573 e. The summed E-state index contributed by atoms with van der Waals surface area (Å²) >= 11 is 14.5. The summed E-state index contributed by atoms with van der Waals surface area (Å²) in [6.45, 7) is 3.77. The Hall–Kier alpha value is -11.6. The molecule has 9 aliphatic rings. The number of halogens is 5.